The first-order valence-corrected chi connectivity index (χ1v) is 12.4. The maximum atomic E-state index is 14.2. The Labute approximate surface area is 220 Å². The predicted molar refractivity (Wildman–Crippen MR) is 145 cm³/mol. The molecule has 2 amide bonds. The van der Waals surface area contributed by atoms with Crippen molar-refractivity contribution < 1.29 is 19.1 Å². The van der Waals surface area contributed by atoms with Crippen molar-refractivity contribution in [3.8, 4) is 5.75 Å². The Morgan fingerprint density at radius 1 is 1.08 bits per heavy atom. The Morgan fingerprint density at radius 3 is 2.62 bits per heavy atom. The number of amides is 2. The molecule has 0 aliphatic carbocycles. The molecular formula is C29H28ClN3O4. The van der Waals surface area contributed by atoms with Crippen LogP contribution in [0, 0.1) is 6.92 Å². The molecule has 2 N–H and O–H groups in total. The molecule has 1 aliphatic heterocycles. The molecule has 5 rings (SSSR count). The van der Waals surface area contributed by atoms with Gasteiger partial charge in [-0.1, -0.05) is 48.0 Å². The fraction of sp³-hybridized carbons (Fsp3) is 0.241. The van der Waals surface area contributed by atoms with Crippen LogP contribution in [0.3, 0.4) is 0 Å². The number of para-hydroxylation sites is 1. The molecule has 0 radical (unpaired) electrons. The van der Waals surface area contributed by atoms with Crippen LogP contribution in [-0.4, -0.2) is 49.1 Å². The second-order valence-electron chi connectivity index (χ2n) is 9.08. The molecule has 1 aromatic heterocycles. The number of aromatic amines is 1. The molecule has 37 heavy (non-hydrogen) atoms. The van der Waals surface area contributed by atoms with Crippen LogP contribution >= 0.6 is 11.6 Å². The highest BCUT2D eigenvalue weighted by Gasteiger charge is 2.45. The van der Waals surface area contributed by atoms with Gasteiger partial charge in [0, 0.05) is 53.0 Å². The molecule has 8 heteroatoms. The summed E-state index contributed by atoms with van der Waals surface area (Å²) in [6, 6.07) is 18.1. The summed E-state index contributed by atoms with van der Waals surface area (Å²) in [7, 11) is 3.13. The molecular weight excluding hydrogens is 490 g/mol. The number of benzene rings is 3. The number of hydrogen-bond donors (Lipinski definition) is 2. The Hall–Kier alpha value is -3.81. The third-order valence-corrected chi connectivity index (χ3v) is 7.34. The standard InChI is InChI=1S/C29H28ClN3O4/c1-17-14-24(25(37-3)15-22(17)30)32-28(34)26-19-9-4-5-10-20(19)29(35)33(12-13-36-2)27(26)21-16-31-23-11-7-6-8-18(21)23/h4-11,14-16,26-27,31H,12-13H2,1-3H3,(H,32,34)/t26-,27-/m0/s1. The number of aromatic nitrogens is 1. The number of halogens is 1. The monoisotopic (exact) mass is 517 g/mol. The Kier molecular flexibility index (Phi) is 6.91. The van der Waals surface area contributed by atoms with Crippen molar-refractivity contribution in [2.45, 2.75) is 18.9 Å². The zero-order chi connectivity index (χ0) is 26.1. The Bertz CT molecular complexity index is 1480. The SMILES string of the molecule is COCCN1C(=O)c2ccccc2[C@H](C(=O)Nc2cc(C)c(Cl)cc2OC)[C@@H]1c1c[nH]c2ccccc12. The molecule has 0 fully saturated rings. The fourth-order valence-electron chi connectivity index (χ4n) is 5.14. The number of H-pyrrole nitrogens is 1. The average molecular weight is 518 g/mol. The summed E-state index contributed by atoms with van der Waals surface area (Å²) in [6.45, 7) is 2.54. The highest BCUT2D eigenvalue weighted by Crippen LogP contribution is 2.45. The summed E-state index contributed by atoms with van der Waals surface area (Å²) in [4.78, 5) is 33.0. The highest BCUT2D eigenvalue weighted by atomic mass is 35.5. The Balaban J connectivity index is 1.67. The van der Waals surface area contributed by atoms with E-state index in [1.54, 1.807) is 30.2 Å². The molecule has 0 bridgehead atoms. The van der Waals surface area contributed by atoms with Crippen LogP contribution in [-0.2, 0) is 9.53 Å². The number of carbonyl (C=O) groups is 2. The predicted octanol–water partition coefficient (Wildman–Crippen LogP) is 5.70. The molecule has 4 aromatic rings. The van der Waals surface area contributed by atoms with Crippen molar-refractivity contribution in [2.24, 2.45) is 0 Å². The van der Waals surface area contributed by atoms with Gasteiger partial charge in [-0.15, -0.1) is 0 Å². The van der Waals surface area contributed by atoms with Crippen molar-refractivity contribution >= 4 is 40.0 Å². The first-order chi connectivity index (χ1) is 17.9. The van der Waals surface area contributed by atoms with Gasteiger partial charge in [0.15, 0.2) is 0 Å². The van der Waals surface area contributed by atoms with E-state index in [0.29, 0.717) is 40.7 Å². The lowest BCUT2D eigenvalue weighted by Gasteiger charge is -2.41. The lowest BCUT2D eigenvalue weighted by molar-refractivity contribution is -0.119. The van der Waals surface area contributed by atoms with Gasteiger partial charge >= 0.3 is 0 Å². The highest BCUT2D eigenvalue weighted by molar-refractivity contribution is 6.31. The van der Waals surface area contributed by atoms with Crippen LogP contribution < -0.4 is 10.1 Å². The van der Waals surface area contributed by atoms with Gasteiger partial charge in [0.05, 0.1) is 31.4 Å². The van der Waals surface area contributed by atoms with Gasteiger partial charge < -0.3 is 24.7 Å². The Morgan fingerprint density at radius 2 is 1.84 bits per heavy atom. The molecule has 0 spiro atoms. The van der Waals surface area contributed by atoms with Gasteiger partial charge in [-0.25, -0.2) is 0 Å². The van der Waals surface area contributed by atoms with Crippen molar-refractivity contribution in [3.63, 3.8) is 0 Å². The number of nitrogens with one attached hydrogen (secondary N) is 2. The van der Waals surface area contributed by atoms with Crippen LogP contribution in [0.15, 0.2) is 66.9 Å². The summed E-state index contributed by atoms with van der Waals surface area (Å²) in [6.07, 6.45) is 1.89. The van der Waals surface area contributed by atoms with E-state index < -0.39 is 12.0 Å². The first kappa shape index (κ1) is 24.9. The van der Waals surface area contributed by atoms with Gasteiger partial charge in [0.25, 0.3) is 5.91 Å². The molecule has 0 unspecified atom stereocenters. The number of fused-ring (bicyclic) bond motifs is 2. The average Bonchev–Trinajstić information content (AvgIpc) is 3.33. The molecule has 1 aliphatic rings. The van der Waals surface area contributed by atoms with E-state index in [9.17, 15) is 9.59 Å². The fourth-order valence-corrected chi connectivity index (χ4v) is 5.29. The van der Waals surface area contributed by atoms with Crippen LogP contribution in [0.5, 0.6) is 5.75 Å². The third kappa shape index (κ3) is 4.45. The normalized spacial score (nSPS) is 17.1. The van der Waals surface area contributed by atoms with E-state index in [1.807, 2.05) is 55.6 Å². The first-order valence-electron chi connectivity index (χ1n) is 12.0. The molecule has 2 atom stereocenters. The minimum atomic E-state index is -0.689. The largest absolute Gasteiger partial charge is 0.495 e. The lowest BCUT2D eigenvalue weighted by Crippen LogP contribution is -2.47. The molecule has 0 saturated heterocycles. The molecule has 2 heterocycles. The van der Waals surface area contributed by atoms with E-state index in [0.717, 1.165) is 22.0 Å². The number of anilines is 1. The number of aryl methyl sites for hydroxylation is 1. The summed E-state index contributed by atoms with van der Waals surface area (Å²) in [5.74, 6) is -0.612. The van der Waals surface area contributed by atoms with Gasteiger partial charge in [0.1, 0.15) is 5.75 Å². The second-order valence-corrected chi connectivity index (χ2v) is 9.49. The molecule has 7 nitrogen and oxygen atoms in total. The van der Waals surface area contributed by atoms with E-state index in [2.05, 4.69) is 10.3 Å². The molecule has 0 saturated carbocycles. The number of ether oxygens (including phenoxy) is 2. The number of hydrogen-bond acceptors (Lipinski definition) is 4. The number of rotatable bonds is 7. The van der Waals surface area contributed by atoms with Crippen molar-refractivity contribution in [2.75, 3.05) is 32.7 Å². The second kappa shape index (κ2) is 10.3. The van der Waals surface area contributed by atoms with E-state index in [1.165, 1.54) is 7.11 Å². The minimum absolute atomic E-state index is 0.133. The van der Waals surface area contributed by atoms with E-state index >= 15 is 0 Å². The number of nitrogens with zero attached hydrogens (tertiary/aromatic N) is 1. The van der Waals surface area contributed by atoms with Crippen LogP contribution in [0.25, 0.3) is 10.9 Å². The molecule has 190 valence electrons. The minimum Gasteiger partial charge on any atom is -0.495 e. The van der Waals surface area contributed by atoms with E-state index in [-0.39, 0.29) is 11.8 Å². The van der Waals surface area contributed by atoms with Crippen LogP contribution in [0.2, 0.25) is 5.02 Å². The van der Waals surface area contributed by atoms with Gasteiger partial charge in [-0.3, -0.25) is 9.59 Å². The molecule has 3 aromatic carbocycles. The third-order valence-electron chi connectivity index (χ3n) is 6.94. The number of methoxy groups -OCH3 is 2. The van der Waals surface area contributed by atoms with Gasteiger partial charge in [-0.2, -0.15) is 0 Å². The lowest BCUT2D eigenvalue weighted by atomic mass is 9.79. The maximum Gasteiger partial charge on any atom is 0.254 e. The zero-order valence-corrected chi connectivity index (χ0v) is 21.6. The van der Waals surface area contributed by atoms with Crippen LogP contribution in [0.1, 0.15) is 39.0 Å². The van der Waals surface area contributed by atoms with Gasteiger partial charge in [0.2, 0.25) is 5.91 Å². The van der Waals surface area contributed by atoms with E-state index in [4.69, 9.17) is 21.1 Å². The number of carbonyl (C=O) groups excluding carboxylic acids is 2. The summed E-state index contributed by atoms with van der Waals surface area (Å²) >= 11 is 6.29. The summed E-state index contributed by atoms with van der Waals surface area (Å²) in [5, 5.41) is 4.57. The van der Waals surface area contributed by atoms with Crippen LogP contribution in [0.4, 0.5) is 5.69 Å². The maximum absolute atomic E-state index is 14.2. The van der Waals surface area contributed by atoms with Crippen molar-refractivity contribution in [3.05, 3.63) is 94.1 Å². The van der Waals surface area contributed by atoms with Gasteiger partial charge in [-0.05, 0) is 36.2 Å². The quantitative estimate of drug-likeness (QED) is 0.329. The topological polar surface area (TPSA) is 83.7 Å². The van der Waals surface area contributed by atoms with Crippen molar-refractivity contribution in [1.82, 2.24) is 9.88 Å². The zero-order valence-electron chi connectivity index (χ0n) is 20.9. The van der Waals surface area contributed by atoms with Crippen molar-refractivity contribution in [1.29, 1.82) is 0 Å². The smallest absolute Gasteiger partial charge is 0.254 e. The summed E-state index contributed by atoms with van der Waals surface area (Å²) < 4.78 is 10.9. The summed E-state index contributed by atoms with van der Waals surface area (Å²) in [5.41, 5.74) is 4.32.